The minimum absolute atomic E-state index is 0.125. The van der Waals surface area contributed by atoms with E-state index in [0.29, 0.717) is 11.5 Å². The van der Waals surface area contributed by atoms with Crippen molar-refractivity contribution in [2.45, 2.75) is 45.9 Å². The zero-order valence-electron chi connectivity index (χ0n) is 16.1. The average Bonchev–Trinajstić information content (AvgIpc) is 3.27. The molecule has 1 atom stereocenters. The zero-order chi connectivity index (χ0) is 20.3. The van der Waals surface area contributed by atoms with Gasteiger partial charge in [0.1, 0.15) is 11.6 Å². The van der Waals surface area contributed by atoms with E-state index >= 15 is 0 Å². The van der Waals surface area contributed by atoms with Gasteiger partial charge in [0, 0.05) is 10.9 Å². The summed E-state index contributed by atoms with van der Waals surface area (Å²) in [6.07, 6.45) is -0.648. The normalized spacial score (nSPS) is 12.6. The van der Waals surface area contributed by atoms with Crippen LogP contribution in [0.25, 0.3) is 16.9 Å². The molecule has 2 N–H and O–H groups in total. The lowest BCUT2D eigenvalue weighted by Crippen LogP contribution is -2.46. The van der Waals surface area contributed by atoms with Crippen LogP contribution in [0.1, 0.15) is 33.5 Å². The van der Waals surface area contributed by atoms with Gasteiger partial charge in [-0.2, -0.15) is 21.0 Å². The van der Waals surface area contributed by atoms with Crippen LogP contribution in [0, 0.1) is 0 Å². The SMILES string of the molecule is C[C@H](NC(=O)OC(C)(C)C)C(=O)NCc1nnc2ccc(-c3ccsc3)nn12. The van der Waals surface area contributed by atoms with Crippen LogP contribution in [0.5, 0.6) is 0 Å². The fourth-order valence-corrected chi connectivity index (χ4v) is 3.03. The van der Waals surface area contributed by atoms with Gasteiger partial charge in [0.25, 0.3) is 0 Å². The third kappa shape index (κ3) is 4.83. The standard InChI is InChI=1S/C18H22N6O3S/c1-11(20-17(26)27-18(2,3)4)16(25)19-9-15-22-21-14-6-5-13(23-24(14)15)12-7-8-28-10-12/h5-8,10-11H,9H2,1-4H3,(H,19,25)(H,20,26)/t11-/m0/s1. The van der Waals surface area contributed by atoms with Crippen molar-refractivity contribution in [1.29, 1.82) is 0 Å². The number of nitrogens with one attached hydrogen (secondary N) is 2. The van der Waals surface area contributed by atoms with Crippen molar-refractivity contribution in [3.8, 4) is 11.3 Å². The highest BCUT2D eigenvalue weighted by Crippen LogP contribution is 2.20. The molecule has 0 saturated heterocycles. The van der Waals surface area contributed by atoms with Gasteiger partial charge in [-0.05, 0) is 51.3 Å². The van der Waals surface area contributed by atoms with Crippen LogP contribution in [-0.2, 0) is 16.1 Å². The van der Waals surface area contributed by atoms with Crippen LogP contribution >= 0.6 is 11.3 Å². The Labute approximate surface area is 166 Å². The lowest BCUT2D eigenvalue weighted by atomic mass is 10.2. The van der Waals surface area contributed by atoms with Crippen molar-refractivity contribution in [1.82, 2.24) is 30.4 Å². The third-order valence-electron chi connectivity index (χ3n) is 3.69. The molecule has 0 radical (unpaired) electrons. The van der Waals surface area contributed by atoms with Crippen molar-refractivity contribution >= 4 is 29.0 Å². The second-order valence-corrected chi connectivity index (χ2v) is 7.98. The van der Waals surface area contributed by atoms with E-state index in [1.165, 1.54) is 0 Å². The highest BCUT2D eigenvalue weighted by molar-refractivity contribution is 7.08. The van der Waals surface area contributed by atoms with E-state index in [4.69, 9.17) is 4.74 Å². The van der Waals surface area contributed by atoms with Gasteiger partial charge in [-0.15, -0.1) is 10.2 Å². The van der Waals surface area contributed by atoms with Crippen molar-refractivity contribution in [2.75, 3.05) is 0 Å². The van der Waals surface area contributed by atoms with E-state index in [2.05, 4.69) is 25.9 Å². The van der Waals surface area contributed by atoms with Gasteiger partial charge in [0.05, 0.1) is 12.2 Å². The molecule has 0 unspecified atom stereocenters. The predicted octanol–water partition coefficient (Wildman–Crippen LogP) is 2.38. The molecule has 3 heterocycles. The lowest BCUT2D eigenvalue weighted by Gasteiger charge is -2.21. The highest BCUT2D eigenvalue weighted by Gasteiger charge is 2.21. The topological polar surface area (TPSA) is 111 Å². The molecule has 3 aromatic rings. The fraction of sp³-hybridized carbons (Fsp3) is 0.389. The average molecular weight is 402 g/mol. The number of amides is 2. The summed E-state index contributed by atoms with van der Waals surface area (Å²) in [6.45, 7) is 6.97. The number of carbonyl (C=O) groups is 2. The molecule has 3 rings (SSSR count). The molecule has 0 saturated carbocycles. The second-order valence-electron chi connectivity index (χ2n) is 7.20. The molecule has 148 valence electrons. The Morgan fingerprint density at radius 2 is 2.04 bits per heavy atom. The van der Waals surface area contributed by atoms with Gasteiger partial charge in [-0.1, -0.05) is 0 Å². The summed E-state index contributed by atoms with van der Waals surface area (Å²) in [5.41, 5.74) is 1.75. The zero-order valence-corrected chi connectivity index (χ0v) is 16.9. The number of thiophene rings is 1. The number of ether oxygens (including phenoxy) is 1. The first kappa shape index (κ1) is 19.7. The van der Waals surface area contributed by atoms with Crippen LogP contribution in [0.4, 0.5) is 4.79 Å². The summed E-state index contributed by atoms with van der Waals surface area (Å²) < 4.78 is 6.75. The summed E-state index contributed by atoms with van der Waals surface area (Å²) in [6, 6.07) is 4.92. The van der Waals surface area contributed by atoms with E-state index in [1.807, 2.05) is 29.0 Å². The molecule has 0 aliphatic heterocycles. The van der Waals surface area contributed by atoms with Crippen LogP contribution in [0.2, 0.25) is 0 Å². The molecule has 28 heavy (non-hydrogen) atoms. The Bertz CT molecular complexity index is 977. The van der Waals surface area contributed by atoms with Crippen LogP contribution in [-0.4, -0.2) is 43.5 Å². The maximum Gasteiger partial charge on any atom is 0.408 e. The van der Waals surface area contributed by atoms with E-state index in [9.17, 15) is 9.59 Å². The smallest absolute Gasteiger partial charge is 0.408 e. The summed E-state index contributed by atoms with van der Waals surface area (Å²) in [5.74, 6) is 0.126. The number of hydrogen-bond donors (Lipinski definition) is 2. The first-order valence-electron chi connectivity index (χ1n) is 8.74. The maximum absolute atomic E-state index is 12.3. The van der Waals surface area contributed by atoms with Crippen LogP contribution < -0.4 is 10.6 Å². The van der Waals surface area contributed by atoms with Gasteiger partial charge in [-0.3, -0.25) is 4.79 Å². The summed E-state index contributed by atoms with van der Waals surface area (Å²) in [7, 11) is 0. The van der Waals surface area contributed by atoms with Crippen LogP contribution in [0.15, 0.2) is 29.0 Å². The van der Waals surface area contributed by atoms with Gasteiger partial charge >= 0.3 is 6.09 Å². The number of carbonyl (C=O) groups excluding carboxylic acids is 2. The van der Waals surface area contributed by atoms with E-state index in [0.717, 1.165) is 11.3 Å². The first-order valence-corrected chi connectivity index (χ1v) is 9.68. The third-order valence-corrected chi connectivity index (χ3v) is 4.37. The Kier molecular flexibility index (Phi) is 5.59. The largest absolute Gasteiger partial charge is 0.444 e. The van der Waals surface area contributed by atoms with Crippen molar-refractivity contribution in [3.05, 3.63) is 34.8 Å². The van der Waals surface area contributed by atoms with Crippen LogP contribution in [0.3, 0.4) is 0 Å². The summed E-state index contributed by atoms with van der Waals surface area (Å²) in [4.78, 5) is 24.1. The number of nitrogens with zero attached hydrogens (tertiary/aromatic N) is 4. The Hall–Kier alpha value is -3.01. The second kappa shape index (κ2) is 7.93. The molecule has 10 heteroatoms. The molecular formula is C18H22N6O3S. The maximum atomic E-state index is 12.3. The number of fused-ring (bicyclic) bond motifs is 1. The molecule has 0 spiro atoms. The molecule has 9 nitrogen and oxygen atoms in total. The quantitative estimate of drug-likeness (QED) is 0.678. The van der Waals surface area contributed by atoms with Crippen molar-refractivity contribution in [3.63, 3.8) is 0 Å². The molecule has 2 amide bonds. The Morgan fingerprint density at radius 1 is 1.25 bits per heavy atom. The van der Waals surface area contributed by atoms with Crippen molar-refractivity contribution < 1.29 is 14.3 Å². The number of hydrogen-bond acceptors (Lipinski definition) is 7. The molecule has 0 fully saturated rings. The van der Waals surface area contributed by atoms with Gasteiger partial charge in [0.2, 0.25) is 5.91 Å². The number of alkyl carbamates (subject to hydrolysis) is 1. The monoisotopic (exact) mass is 402 g/mol. The fourth-order valence-electron chi connectivity index (χ4n) is 2.38. The predicted molar refractivity (Wildman–Crippen MR) is 105 cm³/mol. The molecule has 0 bridgehead atoms. The minimum Gasteiger partial charge on any atom is -0.444 e. The van der Waals surface area contributed by atoms with Gasteiger partial charge in [-0.25, -0.2) is 4.79 Å². The molecular weight excluding hydrogens is 380 g/mol. The lowest BCUT2D eigenvalue weighted by molar-refractivity contribution is -0.123. The minimum atomic E-state index is -0.761. The van der Waals surface area contributed by atoms with Gasteiger partial charge < -0.3 is 15.4 Å². The van der Waals surface area contributed by atoms with E-state index < -0.39 is 17.7 Å². The summed E-state index contributed by atoms with van der Waals surface area (Å²) >= 11 is 1.59. The van der Waals surface area contributed by atoms with E-state index in [-0.39, 0.29) is 12.5 Å². The Morgan fingerprint density at radius 3 is 2.71 bits per heavy atom. The summed E-state index contributed by atoms with van der Waals surface area (Å²) in [5, 5.41) is 21.9. The number of aromatic nitrogens is 4. The first-order chi connectivity index (χ1) is 13.2. The van der Waals surface area contributed by atoms with E-state index in [1.54, 1.807) is 43.5 Å². The molecule has 0 aliphatic rings. The number of rotatable bonds is 5. The van der Waals surface area contributed by atoms with Crippen molar-refractivity contribution in [2.24, 2.45) is 0 Å². The molecule has 0 aromatic carbocycles. The van der Waals surface area contributed by atoms with Gasteiger partial charge in [0.15, 0.2) is 11.5 Å². The molecule has 0 aliphatic carbocycles. The highest BCUT2D eigenvalue weighted by atomic mass is 32.1. The molecule has 3 aromatic heterocycles. The Balaban J connectivity index is 1.64.